The Bertz CT molecular complexity index is 3070. The van der Waals surface area contributed by atoms with Crippen LogP contribution in [0.2, 0.25) is 10.0 Å². The van der Waals surface area contributed by atoms with Crippen LogP contribution in [0.5, 0.6) is 23.0 Å². The van der Waals surface area contributed by atoms with Crippen molar-refractivity contribution < 1.29 is 28.5 Å². The Balaban J connectivity index is 1.23. The van der Waals surface area contributed by atoms with Gasteiger partial charge >= 0.3 is 23.6 Å². The molecule has 0 atom stereocenters. The second-order valence-corrected chi connectivity index (χ2v) is 17.3. The van der Waals surface area contributed by atoms with E-state index >= 15 is 0 Å². The molecule has 2 aliphatic rings. The summed E-state index contributed by atoms with van der Waals surface area (Å²) in [5.74, 6) is 0.563. The molecule has 0 spiro atoms. The maximum Gasteiger partial charge on any atom is 0.423 e. The van der Waals surface area contributed by atoms with Crippen molar-refractivity contribution in [3.05, 3.63) is 126 Å². The summed E-state index contributed by atoms with van der Waals surface area (Å²) >= 11 is 14.1. The molecule has 14 nitrogen and oxygen atoms in total. The number of aryl methyl sites for hydroxylation is 2. The van der Waals surface area contributed by atoms with Gasteiger partial charge in [0.1, 0.15) is 43.3 Å². The van der Waals surface area contributed by atoms with E-state index in [-0.39, 0.29) is 66.2 Å². The van der Waals surface area contributed by atoms with E-state index in [4.69, 9.17) is 52.1 Å². The Kier molecular flexibility index (Phi) is 8.71. The maximum absolute atomic E-state index is 14.1. The van der Waals surface area contributed by atoms with Crippen LogP contribution in [0.3, 0.4) is 0 Å². The Morgan fingerprint density at radius 1 is 0.567 bits per heavy atom. The van der Waals surface area contributed by atoms with Crippen molar-refractivity contribution >= 4 is 68.8 Å². The summed E-state index contributed by atoms with van der Waals surface area (Å²) in [5.41, 5.74) is 1.48. The highest BCUT2D eigenvalue weighted by Gasteiger charge is 2.32. The highest BCUT2D eigenvalue weighted by atomic mass is 35.5. The molecule has 0 bridgehead atoms. The summed E-state index contributed by atoms with van der Waals surface area (Å²) in [5, 5.41) is 0.245. The van der Waals surface area contributed by atoms with Gasteiger partial charge in [-0.3, -0.25) is 9.13 Å². The molecule has 0 amide bonds. The molecule has 2 aromatic heterocycles. The van der Waals surface area contributed by atoms with Crippen LogP contribution in [-0.4, -0.2) is 41.7 Å². The fraction of sp³-hybridized carbons (Fsp3) is 0.227. The Hall–Kier alpha value is -6.64. The molecule has 0 N–H and O–H groups in total. The van der Waals surface area contributed by atoms with Gasteiger partial charge < -0.3 is 18.9 Å². The third kappa shape index (κ3) is 6.34. The number of halogens is 2. The van der Waals surface area contributed by atoms with E-state index in [0.717, 1.165) is 20.3 Å². The quantitative estimate of drug-likeness (QED) is 0.167. The summed E-state index contributed by atoms with van der Waals surface area (Å²) < 4.78 is 28.8. The molecule has 16 heteroatoms. The van der Waals surface area contributed by atoms with E-state index in [1.807, 2.05) is 38.1 Å². The standard InChI is InChI=1S/C44H36Cl2N6O8/c1-21-9-13-23(14-10-21)49-29-19-31-25(17-27(29)51(39(49)53)41(55)59-43(3,4)5)47-35-34(46)38-36(33(45)37(35)57-31)48-26-18-28-30(20-32(26)58-38)50(24-15-11-22(2)12-16-24)40(54)52(28)42(56)60-44(6,7)8/h9-20H,1-8H3. The molecule has 0 saturated carbocycles. The fourth-order valence-electron chi connectivity index (χ4n) is 7.08. The second kappa shape index (κ2) is 13.4. The molecule has 2 aliphatic heterocycles. The molecule has 0 fully saturated rings. The topological polar surface area (TPSA) is 150 Å². The van der Waals surface area contributed by atoms with Gasteiger partial charge in [-0.1, -0.05) is 58.6 Å². The molecule has 60 heavy (non-hydrogen) atoms. The number of carbonyl (C=O) groups is 2. The van der Waals surface area contributed by atoms with Crippen LogP contribution in [0.1, 0.15) is 52.7 Å². The number of benzene rings is 5. The minimum absolute atomic E-state index is 0.00801. The van der Waals surface area contributed by atoms with Crippen molar-refractivity contribution in [2.45, 2.75) is 66.6 Å². The fourth-order valence-corrected chi connectivity index (χ4v) is 7.60. The summed E-state index contributed by atoms with van der Waals surface area (Å²) in [6.07, 6.45) is -1.74. The van der Waals surface area contributed by atoms with Crippen LogP contribution in [0, 0.1) is 13.8 Å². The summed E-state index contributed by atoms with van der Waals surface area (Å²) in [4.78, 5) is 65.0. The number of fused-ring (bicyclic) bond motifs is 6. The van der Waals surface area contributed by atoms with Crippen LogP contribution in [0.4, 0.5) is 21.0 Å². The van der Waals surface area contributed by atoms with Gasteiger partial charge in [0.2, 0.25) is 0 Å². The molecular weight excluding hydrogens is 811 g/mol. The Labute approximate surface area is 351 Å². The lowest BCUT2D eigenvalue weighted by Crippen LogP contribution is -2.34. The van der Waals surface area contributed by atoms with E-state index in [9.17, 15) is 19.2 Å². The van der Waals surface area contributed by atoms with Crippen molar-refractivity contribution in [2.24, 2.45) is 9.98 Å². The molecule has 304 valence electrons. The average Bonchev–Trinajstić information content (AvgIpc) is 3.61. The minimum Gasteiger partial charge on any atom is -0.451 e. The van der Waals surface area contributed by atoms with Gasteiger partial charge in [0.15, 0.2) is 23.0 Å². The van der Waals surface area contributed by atoms with Crippen molar-refractivity contribution in [1.82, 2.24) is 18.3 Å². The van der Waals surface area contributed by atoms with Crippen LogP contribution in [-0.2, 0) is 9.47 Å². The zero-order valence-electron chi connectivity index (χ0n) is 33.6. The number of imidazole rings is 2. The molecule has 5 aromatic carbocycles. The summed E-state index contributed by atoms with van der Waals surface area (Å²) in [6, 6.07) is 20.8. The molecule has 9 rings (SSSR count). The van der Waals surface area contributed by atoms with E-state index < -0.39 is 34.8 Å². The van der Waals surface area contributed by atoms with Crippen molar-refractivity contribution in [3.63, 3.8) is 0 Å². The molecule has 0 radical (unpaired) electrons. The SMILES string of the molecule is Cc1ccc(-n2c(=O)n(C(=O)OC(C)(C)C)c3cc4c(cc32)Oc2c(Cl)c3c(c(Cl)c2=N4)Oc2cc4c(cc2N=3)n(C(=O)OC(C)(C)C)c(=O)n4-c2ccc(C)cc2)cc1. The third-order valence-corrected chi connectivity index (χ3v) is 10.4. The van der Waals surface area contributed by atoms with Crippen LogP contribution < -0.4 is 31.6 Å². The number of nitrogens with zero attached hydrogens (tertiary/aromatic N) is 6. The molecule has 4 heterocycles. The van der Waals surface area contributed by atoms with Gasteiger partial charge in [0, 0.05) is 12.1 Å². The van der Waals surface area contributed by atoms with E-state index in [2.05, 4.69) is 0 Å². The smallest absolute Gasteiger partial charge is 0.423 e. The highest BCUT2D eigenvalue weighted by molar-refractivity contribution is 6.35. The first-order valence-electron chi connectivity index (χ1n) is 18.9. The van der Waals surface area contributed by atoms with E-state index in [1.165, 1.54) is 9.13 Å². The molecule has 0 aliphatic carbocycles. The lowest BCUT2D eigenvalue weighted by molar-refractivity contribution is 0.0526. The molecule has 7 aromatic rings. The first kappa shape index (κ1) is 38.9. The predicted molar refractivity (Wildman–Crippen MR) is 226 cm³/mol. The van der Waals surface area contributed by atoms with Gasteiger partial charge in [0.05, 0.1) is 33.4 Å². The summed E-state index contributed by atoms with van der Waals surface area (Å²) in [7, 11) is 0. The second-order valence-electron chi connectivity index (χ2n) is 16.6. The normalized spacial score (nSPS) is 13.0. The molecule has 0 unspecified atom stereocenters. The zero-order valence-corrected chi connectivity index (χ0v) is 35.1. The van der Waals surface area contributed by atoms with E-state index in [1.54, 1.807) is 90.1 Å². The number of hydrogen-bond acceptors (Lipinski definition) is 10. The maximum atomic E-state index is 14.1. The van der Waals surface area contributed by atoms with E-state index in [0.29, 0.717) is 22.4 Å². The van der Waals surface area contributed by atoms with Gasteiger partial charge in [0.25, 0.3) is 0 Å². The molecule has 0 saturated heterocycles. The van der Waals surface area contributed by atoms with Gasteiger partial charge in [-0.25, -0.2) is 29.2 Å². The van der Waals surface area contributed by atoms with Gasteiger partial charge in [-0.2, -0.15) is 9.13 Å². The predicted octanol–water partition coefficient (Wildman–Crippen LogP) is 9.50. The lowest BCUT2D eigenvalue weighted by Gasteiger charge is -2.21. The first-order valence-corrected chi connectivity index (χ1v) is 19.6. The van der Waals surface area contributed by atoms with Gasteiger partial charge in [-0.15, -0.1) is 0 Å². The van der Waals surface area contributed by atoms with Crippen LogP contribution in [0.25, 0.3) is 33.4 Å². The monoisotopic (exact) mass is 846 g/mol. The van der Waals surface area contributed by atoms with Crippen LogP contribution >= 0.6 is 23.2 Å². The van der Waals surface area contributed by atoms with Crippen molar-refractivity contribution in [3.8, 4) is 34.4 Å². The zero-order chi connectivity index (χ0) is 42.7. The number of hydrogen-bond donors (Lipinski definition) is 0. The van der Waals surface area contributed by atoms with Crippen molar-refractivity contribution in [1.29, 1.82) is 0 Å². The number of aromatic nitrogens is 4. The Morgan fingerprint density at radius 3 is 1.25 bits per heavy atom. The van der Waals surface area contributed by atoms with Gasteiger partial charge in [-0.05, 0) is 91.8 Å². The van der Waals surface area contributed by atoms with Crippen LogP contribution in [0.15, 0.2) is 92.4 Å². The van der Waals surface area contributed by atoms with Crippen molar-refractivity contribution in [2.75, 3.05) is 0 Å². The Morgan fingerprint density at radius 2 is 0.917 bits per heavy atom. The number of carbonyl (C=O) groups excluding carboxylic acids is 2. The first-order chi connectivity index (χ1) is 28.3. The lowest BCUT2D eigenvalue weighted by atomic mass is 10.1. The highest BCUT2D eigenvalue weighted by Crippen LogP contribution is 2.45. The number of rotatable bonds is 2. The largest absolute Gasteiger partial charge is 0.451 e. The summed E-state index contributed by atoms with van der Waals surface area (Å²) in [6.45, 7) is 14.1. The number of ether oxygens (including phenoxy) is 4. The third-order valence-electron chi connectivity index (χ3n) is 9.71. The molecular formula is C44H36Cl2N6O8. The minimum atomic E-state index is -0.894. The average molecular weight is 848 g/mol.